The zero-order valence-corrected chi connectivity index (χ0v) is 14.4. The first kappa shape index (κ1) is 16.8. The second-order valence-electron chi connectivity index (χ2n) is 6.69. The molecule has 0 aromatic heterocycles. The number of piperidine rings is 1. The molecule has 0 bridgehead atoms. The number of hydrogen-bond acceptors (Lipinski definition) is 2. The molecule has 1 aromatic carbocycles. The van der Waals surface area contributed by atoms with Gasteiger partial charge in [0.05, 0.1) is 0 Å². The van der Waals surface area contributed by atoms with Gasteiger partial charge in [0.15, 0.2) is 0 Å². The lowest BCUT2D eigenvalue weighted by Gasteiger charge is -2.39. The van der Waals surface area contributed by atoms with Crippen LogP contribution in [0, 0.1) is 5.41 Å². The van der Waals surface area contributed by atoms with Gasteiger partial charge in [0.25, 0.3) is 0 Å². The van der Waals surface area contributed by atoms with Gasteiger partial charge in [0, 0.05) is 11.1 Å². The predicted molar refractivity (Wildman–Crippen MR) is 91.9 cm³/mol. The van der Waals surface area contributed by atoms with Crippen molar-refractivity contribution in [2.45, 2.75) is 45.6 Å². The highest BCUT2D eigenvalue weighted by molar-refractivity contribution is 6.30. The fourth-order valence-electron chi connectivity index (χ4n) is 3.18. The molecule has 1 aliphatic heterocycles. The van der Waals surface area contributed by atoms with Gasteiger partial charge in [-0.15, -0.1) is 0 Å². The van der Waals surface area contributed by atoms with Crippen LogP contribution in [0.1, 0.15) is 51.1 Å². The van der Waals surface area contributed by atoms with Crippen molar-refractivity contribution < 1.29 is 0 Å². The van der Waals surface area contributed by atoms with Crippen molar-refractivity contribution in [2.75, 3.05) is 26.7 Å². The highest BCUT2D eigenvalue weighted by atomic mass is 35.5. The van der Waals surface area contributed by atoms with Gasteiger partial charge < -0.3 is 10.2 Å². The topological polar surface area (TPSA) is 15.3 Å². The van der Waals surface area contributed by atoms with Crippen molar-refractivity contribution in [3.63, 3.8) is 0 Å². The van der Waals surface area contributed by atoms with E-state index < -0.39 is 0 Å². The van der Waals surface area contributed by atoms with E-state index >= 15 is 0 Å². The molecule has 1 saturated heterocycles. The minimum atomic E-state index is 0.392. The number of nitrogens with one attached hydrogen (secondary N) is 1. The van der Waals surface area contributed by atoms with Crippen molar-refractivity contribution in [3.8, 4) is 0 Å². The first-order valence-electron chi connectivity index (χ1n) is 8.21. The lowest BCUT2D eigenvalue weighted by Crippen LogP contribution is -2.39. The third-order valence-electron chi connectivity index (χ3n) is 5.25. The molecule has 2 nitrogen and oxygen atoms in total. The van der Waals surface area contributed by atoms with E-state index in [1.165, 1.54) is 37.9 Å². The molecule has 21 heavy (non-hydrogen) atoms. The molecule has 0 amide bonds. The van der Waals surface area contributed by atoms with E-state index in [0.29, 0.717) is 11.5 Å². The molecule has 1 unspecified atom stereocenters. The van der Waals surface area contributed by atoms with Gasteiger partial charge in [0.1, 0.15) is 0 Å². The lowest BCUT2D eigenvalue weighted by molar-refractivity contribution is 0.111. The molecule has 1 heterocycles. The zero-order valence-electron chi connectivity index (χ0n) is 13.7. The minimum Gasteiger partial charge on any atom is -0.313 e. The number of hydrogen-bond donors (Lipinski definition) is 1. The third-order valence-corrected chi connectivity index (χ3v) is 5.49. The summed E-state index contributed by atoms with van der Waals surface area (Å²) in [4.78, 5) is 2.62. The predicted octanol–water partition coefficient (Wildman–Crippen LogP) is 4.50. The van der Waals surface area contributed by atoms with Crippen LogP contribution in [0.4, 0.5) is 0 Å². The van der Waals surface area contributed by atoms with Crippen LogP contribution in [0.2, 0.25) is 5.02 Å². The van der Waals surface area contributed by atoms with Gasteiger partial charge in [-0.2, -0.15) is 0 Å². The highest BCUT2D eigenvalue weighted by Gasteiger charge is 2.28. The molecule has 1 N–H and O–H groups in total. The molecule has 1 aromatic rings. The molecule has 2 rings (SSSR count). The van der Waals surface area contributed by atoms with Gasteiger partial charge in [-0.1, -0.05) is 44.0 Å². The Balaban J connectivity index is 1.84. The lowest BCUT2D eigenvalue weighted by atomic mass is 9.78. The minimum absolute atomic E-state index is 0.392. The Morgan fingerprint density at radius 2 is 2.05 bits per heavy atom. The maximum Gasteiger partial charge on any atom is 0.0409 e. The Bertz CT molecular complexity index is 439. The van der Waals surface area contributed by atoms with Crippen LogP contribution in [0.15, 0.2) is 24.3 Å². The number of rotatable bonds is 6. The summed E-state index contributed by atoms with van der Waals surface area (Å²) in [5, 5.41) is 4.25. The molecule has 1 aliphatic rings. The third kappa shape index (κ3) is 4.70. The first-order valence-corrected chi connectivity index (χ1v) is 8.59. The number of halogens is 1. The van der Waals surface area contributed by atoms with Crippen LogP contribution >= 0.6 is 11.6 Å². The summed E-state index contributed by atoms with van der Waals surface area (Å²) in [6.07, 6.45) is 5.12. The van der Waals surface area contributed by atoms with Crippen molar-refractivity contribution in [1.82, 2.24) is 10.2 Å². The quantitative estimate of drug-likeness (QED) is 0.832. The van der Waals surface area contributed by atoms with E-state index in [-0.39, 0.29) is 0 Å². The average Bonchev–Trinajstić information content (AvgIpc) is 2.50. The van der Waals surface area contributed by atoms with Gasteiger partial charge in [-0.25, -0.2) is 0 Å². The van der Waals surface area contributed by atoms with E-state index in [4.69, 9.17) is 11.6 Å². The van der Waals surface area contributed by atoms with Gasteiger partial charge in [0.2, 0.25) is 0 Å². The maximum atomic E-state index is 6.10. The van der Waals surface area contributed by atoms with E-state index in [9.17, 15) is 0 Å². The molecular weight excluding hydrogens is 280 g/mol. The Labute approximate surface area is 134 Å². The summed E-state index contributed by atoms with van der Waals surface area (Å²) in [6.45, 7) is 8.42. The molecule has 118 valence electrons. The summed E-state index contributed by atoms with van der Waals surface area (Å²) in [6, 6.07) is 8.61. The zero-order chi connectivity index (χ0) is 15.3. The second-order valence-corrected chi connectivity index (χ2v) is 7.13. The van der Waals surface area contributed by atoms with Crippen LogP contribution in [-0.2, 0) is 0 Å². The molecule has 0 saturated carbocycles. The maximum absolute atomic E-state index is 6.10. The van der Waals surface area contributed by atoms with Gasteiger partial charge in [-0.05, 0) is 69.1 Å². The number of nitrogens with zero attached hydrogens (tertiary/aromatic N) is 1. The SMILES string of the molecule is CCC1(C)CCN(CCC(NC)c2cccc(Cl)c2)CC1. The first-order chi connectivity index (χ1) is 10.1. The Morgan fingerprint density at radius 3 is 2.62 bits per heavy atom. The highest BCUT2D eigenvalue weighted by Crippen LogP contribution is 2.34. The normalized spacial score (nSPS) is 20.4. The van der Waals surface area contributed by atoms with Crippen LogP contribution < -0.4 is 5.32 Å². The van der Waals surface area contributed by atoms with E-state index in [1.54, 1.807) is 0 Å². The summed E-state index contributed by atoms with van der Waals surface area (Å²) < 4.78 is 0. The largest absolute Gasteiger partial charge is 0.313 e. The van der Waals surface area contributed by atoms with Crippen LogP contribution in [0.5, 0.6) is 0 Å². The van der Waals surface area contributed by atoms with Crippen molar-refractivity contribution in [3.05, 3.63) is 34.9 Å². The van der Waals surface area contributed by atoms with Gasteiger partial charge >= 0.3 is 0 Å². The molecule has 3 heteroatoms. The van der Waals surface area contributed by atoms with E-state index in [0.717, 1.165) is 18.0 Å². The second kappa shape index (κ2) is 7.62. The fourth-order valence-corrected chi connectivity index (χ4v) is 3.38. The smallest absolute Gasteiger partial charge is 0.0409 e. The van der Waals surface area contributed by atoms with E-state index in [1.807, 2.05) is 19.2 Å². The molecule has 0 radical (unpaired) electrons. The van der Waals surface area contributed by atoms with Crippen LogP contribution in [-0.4, -0.2) is 31.6 Å². The van der Waals surface area contributed by atoms with Crippen LogP contribution in [0.25, 0.3) is 0 Å². The fraction of sp³-hybridized carbons (Fsp3) is 0.667. The van der Waals surface area contributed by atoms with Crippen molar-refractivity contribution >= 4 is 11.6 Å². The Hall–Kier alpha value is -0.570. The van der Waals surface area contributed by atoms with Gasteiger partial charge in [-0.3, -0.25) is 0 Å². The van der Waals surface area contributed by atoms with Crippen molar-refractivity contribution in [2.24, 2.45) is 5.41 Å². The summed E-state index contributed by atoms with van der Waals surface area (Å²) >= 11 is 6.10. The number of benzene rings is 1. The monoisotopic (exact) mass is 308 g/mol. The molecule has 1 atom stereocenters. The molecular formula is C18H29ClN2. The average molecular weight is 309 g/mol. The molecule has 0 aliphatic carbocycles. The van der Waals surface area contributed by atoms with E-state index in [2.05, 4.69) is 36.2 Å². The standard InChI is InChI=1S/C18H29ClN2/c1-4-18(2)9-12-21(13-10-18)11-8-17(20-3)15-6-5-7-16(19)14-15/h5-7,14,17,20H,4,8-13H2,1-3H3. The van der Waals surface area contributed by atoms with Crippen molar-refractivity contribution in [1.29, 1.82) is 0 Å². The van der Waals surface area contributed by atoms with Crippen LogP contribution in [0.3, 0.4) is 0 Å². The summed E-state index contributed by atoms with van der Waals surface area (Å²) in [5.74, 6) is 0. The molecule has 0 spiro atoms. The summed E-state index contributed by atoms with van der Waals surface area (Å²) in [7, 11) is 2.04. The number of likely N-dealkylation sites (tertiary alicyclic amines) is 1. The Morgan fingerprint density at radius 1 is 1.33 bits per heavy atom. The molecule has 1 fully saturated rings. The Kier molecular flexibility index (Phi) is 6.09. The summed E-state index contributed by atoms with van der Waals surface area (Å²) in [5.41, 5.74) is 1.87.